The Balaban J connectivity index is 1.70. The lowest BCUT2D eigenvalue weighted by atomic mass is 9.79. The fourth-order valence-electron chi connectivity index (χ4n) is 5.46. The van der Waals surface area contributed by atoms with E-state index in [9.17, 15) is 14.7 Å². The van der Waals surface area contributed by atoms with Gasteiger partial charge in [0, 0.05) is 55.4 Å². The minimum atomic E-state index is -0.762. The number of piperazine rings is 1. The van der Waals surface area contributed by atoms with Crippen molar-refractivity contribution in [3.63, 3.8) is 0 Å². The highest BCUT2D eigenvalue weighted by Crippen LogP contribution is 2.43. The highest BCUT2D eigenvalue weighted by atomic mass is 16.5. The fraction of sp³-hybridized carbons (Fsp3) is 0.419. The number of para-hydroxylation sites is 1. The van der Waals surface area contributed by atoms with E-state index < -0.39 is 17.9 Å². The molecule has 9 nitrogen and oxygen atoms in total. The van der Waals surface area contributed by atoms with Crippen LogP contribution in [0.1, 0.15) is 44.7 Å². The highest BCUT2D eigenvalue weighted by molar-refractivity contribution is 6.00. The second-order valence-electron chi connectivity index (χ2n) is 9.91. The van der Waals surface area contributed by atoms with Crippen LogP contribution in [-0.2, 0) is 25.6 Å². The van der Waals surface area contributed by atoms with E-state index in [4.69, 9.17) is 14.2 Å². The number of esters is 2. The Labute approximate surface area is 236 Å². The number of hydrogen-bond acceptors (Lipinski definition) is 9. The zero-order chi connectivity index (χ0) is 28.8. The molecule has 0 bridgehead atoms. The maximum absolute atomic E-state index is 13.2. The SMILES string of the molecule is CCOC(=O)C1=C(C)NC(C)=C(C(=O)OCC)C1c1cc(CN2CCN(c3ccccc3)CC2)c(O)c(OC)c1. The number of nitrogens with zero attached hydrogens (tertiary/aromatic N) is 2. The first-order valence-corrected chi connectivity index (χ1v) is 13.7. The summed E-state index contributed by atoms with van der Waals surface area (Å²) in [6.07, 6.45) is 0. The van der Waals surface area contributed by atoms with Gasteiger partial charge in [-0.2, -0.15) is 0 Å². The molecular weight excluding hydrogens is 510 g/mol. The fourth-order valence-corrected chi connectivity index (χ4v) is 5.46. The lowest BCUT2D eigenvalue weighted by Crippen LogP contribution is -2.46. The Morgan fingerprint density at radius 2 is 1.50 bits per heavy atom. The van der Waals surface area contributed by atoms with Crippen molar-refractivity contribution in [1.82, 2.24) is 10.2 Å². The van der Waals surface area contributed by atoms with Gasteiger partial charge in [0.1, 0.15) is 0 Å². The molecular formula is C31H39N3O6. The van der Waals surface area contributed by atoms with Crippen molar-refractivity contribution in [1.29, 1.82) is 0 Å². The zero-order valence-corrected chi connectivity index (χ0v) is 24.0. The normalized spacial score (nSPS) is 16.6. The molecule has 214 valence electrons. The topological polar surface area (TPSA) is 101 Å². The number of hydrogen-bond donors (Lipinski definition) is 2. The maximum Gasteiger partial charge on any atom is 0.336 e. The molecule has 2 aliphatic heterocycles. The average Bonchev–Trinajstić information content (AvgIpc) is 2.94. The van der Waals surface area contributed by atoms with Crippen LogP contribution >= 0.6 is 0 Å². The number of phenolic OH excluding ortho intramolecular Hbond substituents is 1. The molecule has 0 aliphatic carbocycles. The Kier molecular flexibility index (Phi) is 9.37. The average molecular weight is 550 g/mol. The van der Waals surface area contributed by atoms with E-state index in [-0.39, 0.29) is 24.7 Å². The third kappa shape index (κ3) is 6.09. The van der Waals surface area contributed by atoms with Crippen LogP contribution in [0, 0.1) is 0 Å². The van der Waals surface area contributed by atoms with E-state index in [0.29, 0.717) is 40.2 Å². The Bertz CT molecular complexity index is 1260. The summed E-state index contributed by atoms with van der Waals surface area (Å²) in [6.45, 7) is 11.3. The van der Waals surface area contributed by atoms with Crippen LogP contribution in [-0.4, -0.2) is 68.4 Å². The van der Waals surface area contributed by atoms with Gasteiger partial charge in [-0.15, -0.1) is 0 Å². The van der Waals surface area contributed by atoms with Crippen LogP contribution in [0.2, 0.25) is 0 Å². The standard InChI is InChI=1S/C31H39N3O6/c1-6-39-30(36)26-20(3)32-21(4)27(31(37)40-7-2)28(26)22-17-23(29(35)25(18-22)38-5)19-33-13-15-34(16-14-33)24-11-9-8-10-12-24/h8-12,17-18,28,32,35H,6-7,13-16,19H2,1-5H3. The van der Waals surface area contributed by atoms with Crippen LogP contribution in [0.3, 0.4) is 0 Å². The lowest BCUT2D eigenvalue weighted by molar-refractivity contribution is -0.139. The number of phenols is 1. The smallest absolute Gasteiger partial charge is 0.336 e. The van der Waals surface area contributed by atoms with Crippen LogP contribution in [0.5, 0.6) is 11.5 Å². The Morgan fingerprint density at radius 1 is 0.925 bits per heavy atom. The first-order chi connectivity index (χ1) is 19.3. The van der Waals surface area contributed by atoms with Gasteiger partial charge in [0.25, 0.3) is 0 Å². The lowest BCUT2D eigenvalue weighted by Gasteiger charge is -2.36. The van der Waals surface area contributed by atoms with Gasteiger partial charge in [-0.05, 0) is 57.5 Å². The molecule has 0 radical (unpaired) electrons. The van der Waals surface area contributed by atoms with Gasteiger partial charge >= 0.3 is 11.9 Å². The van der Waals surface area contributed by atoms with Crippen molar-refractivity contribution < 1.29 is 28.9 Å². The summed E-state index contributed by atoms with van der Waals surface area (Å²) in [5, 5.41) is 14.3. The number of carbonyl (C=O) groups excluding carboxylic acids is 2. The molecule has 2 heterocycles. The van der Waals surface area contributed by atoms with Crippen LogP contribution < -0.4 is 15.0 Å². The Hall–Kier alpha value is -3.98. The molecule has 1 fully saturated rings. The van der Waals surface area contributed by atoms with Crippen molar-refractivity contribution in [2.24, 2.45) is 0 Å². The summed E-state index contributed by atoms with van der Waals surface area (Å²) in [5.41, 5.74) is 4.33. The van der Waals surface area contributed by atoms with Crippen molar-refractivity contribution in [3.05, 3.63) is 76.1 Å². The molecule has 2 aromatic carbocycles. The maximum atomic E-state index is 13.2. The molecule has 0 saturated carbocycles. The molecule has 9 heteroatoms. The molecule has 0 unspecified atom stereocenters. The third-order valence-electron chi connectivity index (χ3n) is 7.37. The van der Waals surface area contributed by atoms with Gasteiger partial charge in [-0.25, -0.2) is 9.59 Å². The van der Waals surface area contributed by atoms with Crippen molar-refractivity contribution >= 4 is 17.6 Å². The van der Waals surface area contributed by atoms with Crippen LogP contribution in [0.15, 0.2) is 65.0 Å². The summed E-state index contributed by atoms with van der Waals surface area (Å²) >= 11 is 0. The number of methoxy groups -OCH3 is 1. The summed E-state index contributed by atoms with van der Waals surface area (Å²) in [6, 6.07) is 13.9. The number of rotatable bonds is 9. The second-order valence-corrected chi connectivity index (χ2v) is 9.91. The number of dihydropyridines is 1. The van der Waals surface area contributed by atoms with Crippen molar-refractivity contribution in [3.8, 4) is 11.5 Å². The number of allylic oxidation sites excluding steroid dienone is 2. The summed E-state index contributed by atoms with van der Waals surface area (Å²) in [5.74, 6) is -1.48. The number of ether oxygens (including phenoxy) is 3. The molecule has 0 amide bonds. The number of anilines is 1. The Morgan fingerprint density at radius 3 is 2.02 bits per heavy atom. The van der Waals surface area contributed by atoms with Gasteiger partial charge < -0.3 is 29.5 Å². The summed E-state index contributed by atoms with van der Waals surface area (Å²) < 4.78 is 16.4. The van der Waals surface area contributed by atoms with Gasteiger partial charge in [0.15, 0.2) is 11.5 Å². The number of benzene rings is 2. The molecule has 2 aromatic rings. The molecule has 1 saturated heterocycles. The van der Waals surface area contributed by atoms with Gasteiger partial charge in [-0.3, -0.25) is 4.90 Å². The van der Waals surface area contributed by atoms with E-state index in [1.165, 1.54) is 12.8 Å². The molecule has 0 spiro atoms. The highest BCUT2D eigenvalue weighted by Gasteiger charge is 2.38. The van der Waals surface area contributed by atoms with Crippen LogP contribution in [0.25, 0.3) is 0 Å². The predicted octanol–water partition coefficient (Wildman–Crippen LogP) is 4.08. The van der Waals surface area contributed by atoms with Crippen molar-refractivity contribution in [2.45, 2.75) is 40.2 Å². The summed E-state index contributed by atoms with van der Waals surface area (Å²) in [7, 11) is 1.49. The summed E-state index contributed by atoms with van der Waals surface area (Å²) in [4.78, 5) is 31.0. The second kappa shape index (κ2) is 12.9. The van der Waals surface area contributed by atoms with E-state index in [1.54, 1.807) is 33.8 Å². The monoisotopic (exact) mass is 549 g/mol. The molecule has 2 aliphatic rings. The molecule has 0 aromatic heterocycles. The minimum Gasteiger partial charge on any atom is -0.504 e. The quantitative estimate of drug-likeness (QED) is 0.448. The van der Waals surface area contributed by atoms with Crippen LogP contribution in [0.4, 0.5) is 5.69 Å². The van der Waals surface area contributed by atoms with E-state index in [2.05, 4.69) is 27.2 Å². The first kappa shape index (κ1) is 29.0. The molecule has 40 heavy (non-hydrogen) atoms. The van der Waals surface area contributed by atoms with E-state index in [0.717, 1.165) is 26.2 Å². The van der Waals surface area contributed by atoms with Gasteiger partial charge in [0.05, 0.1) is 37.4 Å². The zero-order valence-electron chi connectivity index (χ0n) is 24.0. The number of nitrogens with one attached hydrogen (secondary N) is 1. The van der Waals surface area contributed by atoms with Crippen molar-refractivity contribution in [2.75, 3.05) is 51.4 Å². The molecule has 4 rings (SSSR count). The third-order valence-corrected chi connectivity index (χ3v) is 7.37. The molecule has 2 N–H and O–H groups in total. The van der Waals surface area contributed by atoms with Gasteiger partial charge in [0.2, 0.25) is 0 Å². The largest absolute Gasteiger partial charge is 0.504 e. The predicted molar refractivity (Wildman–Crippen MR) is 153 cm³/mol. The minimum absolute atomic E-state index is 0.0439. The van der Waals surface area contributed by atoms with E-state index in [1.807, 2.05) is 24.3 Å². The molecule has 0 atom stereocenters. The first-order valence-electron chi connectivity index (χ1n) is 13.7. The number of carbonyl (C=O) groups is 2. The van der Waals surface area contributed by atoms with Gasteiger partial charge in [-0.1, -0.05) is 18.2 Å². The number of aromatic hydroxyl groups is 1. The van der Waals surface area contributed by atoms with E-state index >= 15 is 0 Å².